The SMILES string of the molecule is COC(=O)CC1CCCCN1C(=O)NC(C)(C)C. The Morgan fingerprint density at radius 1 is 1.33 bits per heavy atom. The molecule has 104 valence electrons. The van der Waals surface area contributed by atoms with Gasteiger partial charge in [-0.05, 0) is 40.0 Å². The van der Waals surface area contributed by atoms with E-state index in [9.17, 15) is 9.59 Å². The van der Waals surface area contributed by atoms with E-state index in [1.54, 1.807) is 4.90 Å². The zero-order valence-corrected chi connectivity index (χ0v) is 11.8. The van der Waals surface area contributed by atoms with Gasteiger partial charge in [0, 0.05) is 18.1 Å². The fourth-order valence-corrected chi connectivity index (χ4v) is 2.15. The van der Waals surface area contributed by atoms with Crippen molar-refractivity contribution in [2.75, 3.05) is 13.7 Å². The van der Waals surface area contributed by atoms with E-state index in [0.29, 0.717) is 6.54 Å². The van der Waals surface area contributed by atoms with E-state index >= 15 is 0 Å². The number of carbonyl (C=O) groups excluding carboxylic acids is 2. The van der Waals surface area contributed by atoms with Gasteiger partial charge in [0.2, 0.25) is 0 Å². The van der Waals surface area contributed by atoms with Crippen molar-refractivity contribution < 1.29 is 14.3 Å². The number of esters is 1. The first-order chi connectivity index (χ1) is 8.33. The van der Waals surface area contributed by atoms with Crippen LogP contribution in [0.2, 0.25) is 0 Å². The first kappa shape index (κ1) is 14.8. The van der Waals surface area contributed by atoms with Gasteiger partial charge in [-0.15, -0.1) is 0 Å². The molecule has 1 rings (SSSR count). The average Bonchev–Trinajstić information content (AvgIpc) is 2.27. The van der Waals surface area contributed by atoms with Crippen LogP contribution in [0.15, 0.2) is 0 Å². The maximum absolute atomic E-state index is 12.2. The Kier molecular flexibility index (Phi) is 4.99. The van der Waals surface area contributed by atoms with Crippen molar-refractivity contribution in [3.63, 3.8) is 0 Å². The Labute approximate surface area is 109 Å². The largest absolute Gasteiger partial charge is 0.469 e. The summed E-state index contributed by atoms with van der Waals surface area (Å²) in [4.78, 5) is 25.3. The van der Waals surface area contributed by atoms with Crippen molar-refractivity contribution in [2.45, 2.75) is 58.0 Å². The second-order valence-electron chi connectivity index (χ2n) is 5.80. The van der Waals surface area contributed by atoms with Crippen LogP contribution < -0.4 is 5.32 Å². The third-order valence-electron chi connectivity index (χ3n) is 3.00. The molecule has 18 heavy (non-hydrogen) atoms. The molecule has 5 nitrogen and oxygen atoms in total. The van der Waals surface area contributed by atoms with Crippen LogP contribution in [0.4, 0.5) is 4.79 Å². The van der Waals surface area contributed by atoms with E-state index in [1.807, 2.05) is 20.8 Å². The molecule has 1 saturated heterocycles. The number of hydrogen-bond acceptors (Lipinski definition) is 3. The Morgan fingerprint density at radius 2 is 2.00 bits per heavy atom. The summed E-state index contributed by atoms with van der Waals surface area (Å²) >= 11 is 0. The van der Waals surface area contributed by atoms with Crippen molar-refractivity contribution in [3.8, 4) is 0 Å². The van der Waals surface area contributed by atoms with Crippen molar-refractivity contribution in [2.24, 2.45) is 0 Å². The number of piperidine rings is 1. The van der Waals surface area contributed by atoms with Gasteiger partial charge in [0.25, 0.3) is 0 Å². The van der Waals surface area contributed by atoms with Crippen molar-refractivity contribution in [3.05, 3.63) is 0 Å². The van der Waals surface area contributed by atoms with E-state index in [2.05, 4.69) is 10.1 Å². The monoisotopic (exact) mass is 256 g/mol. The van der Waals surface area contributed by atoms with Crippen LogP contribution in [-0.4, -0.2) is 42.1 Å². The Hall–Kier alpha value is -1.26. The molecule has 0 aromatic carbocycles. The van der Waals surface area contributed by atoms with E-state index in [-0.39, 0.29) is 30.0 Å². The van der Waals surface area contributed by atoms with Crippen LogP contribution in [0.5, 0.6) is 0 Å². The lowest BCUT2D eigenvalue weighted by atomic mass is 9.99. The fourth-order valence-electron chi connectivity index (χ4n) is 2.15. The molecule has 0 spiro atoms. The first-order valence-corrected chi connectivity index (χ1v) is 6.49. The molecule has 1 aliphatic rings. The van der Waals surface area contributed by atoms with Gasteiger partial charge in [-0.25, -0.2) is 4.79 Å². The highest BCUT2D eigenvalue weighted by molar-refractivity contribution is 5.77. The molecule has 0 bridgehead atoms. The van der Waals surface area contributed by atoms with Crippen LogP contribution in [0.1, 0.15) is 46.5 Å². The maximum atomic E-state index is 12.2. The molecule has 1 fully saturated rings. The summed E-state index contributed by atoms with van der Waals surface area (Å²) in [6, 6.07) is -0.121. The number of methoxy groups -OCH3 is 1. The molecule has 1 heterocycles. The molecule has 1 atom stereocenters. The third-order valence-corrected chi connectivity index (χ3v) is 3.00. The summed E-state index contributed by atoms with van der Waals surface area (Å²) in [5, 5.41) is 2.94. The van der Waals surface area contributed by atoms with Crippen molar-refractivity contribution >= 4 is 12.0 Å². The average molecular weight is 256 g/mol. The minimum absolute atomic E-state index is 0.0338. The lowest BCUT2D eigenvalue weighted by Gasteiger charge is -2.37. The lowest BCUT2D eigenvalue weighted by Crippen LogP contribution is -2.53. The van der Waals surface area contributed by atoms with E-state index in [1.165, 1.54) is 7.11 Å². The van der Waals surface area contributed by atoms with Gasteiger partial charge in [-0.2, -0.15) is 0 Å². The standard InChI is InChI=1S/C13H24N2O3/c1-13(2,3)14-12(17)15-8-6-5-7-10(15)9-11(16)18-4/h10H,5-9H2,1-4H3,(H,14,17). The van der Waals surface area contributed by atoms with Crippen molar-refractivity contribution in [1.29, 1.82) is 0 Å². The highest BCUT2D eigenvalue weighted by Crippen LogP contribution is 2.20. The van der Waals surface area contributed by atoms with Gasteiger partial charge in [-0.1, -0.05) is 0 Å². The minimum Gasteiger partial charge on any atom is -0.469 e. The first-order valence-electron chi connectivity index (χ1n) is 6.49. The highest BCUT2D eigenvalue weighted by Gasteiger charge is 2.30. The smallest absolute Gasteiger partial charge is 0.318 e. The molecule has 0 saturated carbocycles. The van der Waals surface area contributed by atoms with E-state index in [0.717, 1.165) is 19.3 Å². The quantitative estimate of drug-likeness (QED) is 0.768. The summed E-state index contributed by atoms with van der Waals surface area (Å²) in [6.45, 7) is 6.56. The second kappa shape index (κ2) is 6.07. The molecule has 5 heteroatoms. The molecular weight excluding hydrogens is 232 g/mol. The topological polar surface area (TPSA) is 58.6 Å². The number of hydrogen-bond donors (Lipinski definition) is 1. The summed E-state index contributed by atoms with van der Waals surface area (Å²) in [7, 11) is 1.38. The Balaban J connectivity index is 2.64. The molecular formula is C13H24N2O3. The molecule has 0 aromatic rings. The molecule has 0 aromatic heterocycles. The highest BCUT2D eigenvalue weighted by atomic mass is 16.5. The van der Waals surface area contributed by atoms with E-state index < -0.39 is 0 Å². The second-order valence-corrected chi connectivity index (χ2v) is 5.80. The van der Waals surface area contributed by atoms with Crippen molar-refractivity contribution in [1.82, 2.24) is 10.2 Å². The summed E-state index contributed by atoms with van der Waals surface area (Å²) in [6.07, 6.45) is 3.21. The normalized spacial score (nSPS) is 20.4. The predicted molar refractivity (Wildman–Crippen MR) is 69.3 cm³/mol. The van der Waals surface area contributed by atoms with Crippen LogP contribution in [0.25, 0.3) is 0 Å². The maximum Gasteiger partial charge on any atom is 0.318 e. The third kappa shape index (κ3) is 4.55. The number of urea groups is 1. The molecule has 1 aliphatic heterocycles. The molecule has 2 amide bonds. The summed E-state index contributed by atoms with van der Waals surface area (Å²) in [5.74, 6) is -0.254. The summed E-state index contributed by atoms with van der Waals surface area (Å²) in [5.41, 5.74) is -0.260. The van der Waals surface area contributed by atoms with Gasteiger partial charge >= 0.3 is 12.0 Å². The van der Waals surface area contributed by atoms with Crippen LogP contribution in [0, 0.1) is 0 Å². The van der Waals surface area contributed by atoms with Gasteiger partial charge in [0.05, 0.1) is 13.5 Å². The number of nitrogens with zero attached hydrogens (tertiary/aromatic N) is 1. The van der Waals surface area contributed by atoms with Gasteiger partial charge in [0.15, 0.2) is 0 Å². The number of amides is 2. The summed E-state index contributed by atoms with van der Waals surface area (Å²) < 4.78 is 4.68. The zero-order chi connectivity index (χ0) is 13.8. The zero-order valence-electron chi connectivity index (χ0n) is 11.8. The number of nitrogens with one attached hydrogen (secondary N) is 1. The van der Waals surface area contributed by atoms with E-state index in [4.69, 9.17) is 0 Å². The molecule has 1 unspecified atom stereocenters. The predicted octanol–water partition coefficient (Wildman–Crippen LogP) is 1.91. The minimum atomic E-state index is -0.260. The lowest BCUT2D eigenvalue weighted by molar-refractivity contribution is -0.142. The molecule has 0 radical (unpaired) electrons. The Morgan fingerprint density at radius 3 is 2.56 bits per heavy atom. The van der Waals surface area contributed by atoms with Gasteiger partial charge in [0.1, 0.15) is 0 Å². The number of rotatable bonds is 2. The molecule has 1 N–H and O–H groups in total. The van der Waals surface area contributed by atoms with Gasteiger partial charge < -0.3 is 15.0 Å². The molecule has 0 aliphatic carbocycles. The van der Waals surface area contributed by atoms with Gasteiger partial charge in [-0.3, -0.25) is 4.79 Å². The number of carbonyl (C=O) groups is 2. The number of likely N-dealkylation sites (tertiary alicyclic amines) is 1. The Bertz CT molecular complexity index is 310. The van der Waals surface area contributed by atoms with Crippen LogP contribution in [-0.2, 0) is 9.53 Å². The van der Waals surface area contributed by atoms with Crippen LogP contribution >= 0.6 is 0 Å². The number of ether oxygens (including phenoxy) is 1. The van der Waals surface area contributed by atoms with Crippen LogP contribution in [0.3, 0.4) is 0 Å². The fraction of sp³-hybridized carbons (Fsp3) is 0.846.